The number of nitrogens with one attached hydrogen (secondary N) is 1. The standard InChI is InChI=1S/C27H31N7O2S/c1-31-17-19-33(20-18-31)24-14-12-23(13-15-24)28-27-29-26-22(8-6-16-34(26)30-27)11-10-21-7-4-5-9-25(21)32(2)37(3,35)36/h4-16H,17-20H2,1-3H3,(H,28,30)/b11-10+. The molecule has 1 N–H and O–H groups in total. The molecule has 37 heavy (non-hydrogen) atoms. The Labute approximate surface area is 217 Å². The number of rotatable bonds is 7. The van der Waals surface area contributed by atoms with Gasteiger partial charge in [0.1, 0.15) is 0 Å². The molecule has 0 atom stereocenters. The van der Waals surface area contributed by atoms with Crippen molar-refractivity contribution in [3.63, 3.8) is 0 Å². The fourth-order valence-corrected chi connectivity index (χ4v) is 4.86. The molecule has 0 saturated carbocycles. The maximum absolute atomic E-state index is 12.1. The molecule has 1 saturated heterocycles. The average molecular weight is 518 g/mol. The molecular formula is C27H31N7O2S. The van der Waals surface area contributed by atoms with E-state index in [2.05, 4.69) is 51.5 Å². The van der Waals surface area contributed by atoms with Crippen molar-refractivity contribution in [2.24, 2.45) is 0 Å². The highest BCUT2D eigenvalue weighted by molar-refractivity contribution is 7.92. The van der Waals surface area contributed by atoms with Crippen LogP contribution >= 0.6 is 0 Å². The van der Waals surface area contributed by atoms with Crippen molar-refractivity contribution in [1.82, 2.24) is 19.5 Å². The van der Waals surface area contributed by atoms with Crippen molar-refractivity contribution < 1.29 is 8.42 Å². The van der Waals surface area contributed by atoms with E-state index in [1.54, 1.807) is 17.6 Å². The average Bonchev–Trinajstić information content (AvgIpc) is 3.31. The van der Waals surface area contributed by atoms with Crippen molar-refractivity contribution >= 4 is 50.8 Å². The molecule has 0 unspecified atom stereocenters. The zero-order chi connectivity index (χ0) is 26.0. The Kier molecular flexibility index (Phi) is 6.86. The van der Waals surface area contributed by atoms with Gasteiger partial charge in [0.25, 0.3) is 0 Å². The van der Waals surface area contributed by atoms with Crippen LogP contribution in [0.5, 0.6) is 0 Å². The van der Waals surface area contributed by atoms with Crippen molar-refractivity contribution in [2.45, 2.75) is 0 Å². The van der Waals surface area contributed by atoms with Gasteiger partial charge in [-0.3, -0.25) is 4.31 Å². The highest BCUT2D eigenvalue weighted by Gasteiger charge is 2.15. The molecule has 0 bridgehead atoms. The minimum absolute atomic E-state index is 0.505. The zero-order valence-corrected chi connectivity index (χ0v) is 22.1. The Morgan fingerprint density at radius 3 is 2.32 bits per heavy atom. The van der Waals surface area contributed by atoms with E-state index >= 15 is 0 Å². The summed E-state index contributed by atoms with van der Waals surface area (Å²) in [6, 6.07) is 19.6. The van der Waals surface area contributed by atoms with Gasteiger partial charge in [-0.25, -0.2) is 12.9 Å². The van der Waals surface area contributed by atoms with E-state index in [0.717, 1.165) is 43.0 Å². The van der Waals surface area contributed by atoms with Crippen LogP contribution in [-0.2, 0) is 10.0 Å². The molecule has 4 aromatic rings. The van der Waals surface area contributed by atoms with E-state index in [-0.39, 0.29) is 0 Å². The van der Waals surface area contributed by atoms with Gasteiger partial charge >= 0.3 is 0 Å². The molecule has 5 rings (SSSR count). The largest absolute Gasteiger partial charge is 0.369 e. The van der Waals surface area contributed by atoms with Gasteiger partial charge in [-0.05, 0) is 55.1 Å². The number of hydrogen-bond acceptors (Lipinski definition) is 7. The van der Waals surface area contributed by atoms with Crippen molar-refractivity contribution in [2.75, 3.05) is 61.1 Å². The molecule has 1 aliphatic rings. The van der Waals surface area contributed by atoms with Crippen LogP contribution in [0.25, 0.3) is 17.8 Å². The Hall–Kier alpha value is -3.89. The highest BCUT2D eigenvalue weighted by Crippen LogP contribution is 2.25. The number of hydrogen-bond donors (Lipinski definition) is 1. The van der Waals surface area contributed by atoms with E-state index in [9.17, 15) is 8.42 Å². The van der Waals surface area contributed by atoms with Gasteiger partial charge in [-0.2, -0.15) is 4.98 Å². The minimum Gasteiger partial charge on any atom is -0.369 e. The number of anilines is 4. The second kappa shape index (κ2) is 10.2. The lowest BCUT2D eigenvalue weighted by Gasteiger charge is -2.34. The number of benzene rings is 2. The lowest BCUT2D eigenvalue weighted by Crippen LogP contribution is -2.44. The number of pyridine rings is 1. The first-order valence-electron chi connectivity index (χ1n) is 12.1. The molecule has 9 nitrogen and oxygen atoms in total. The molecule has 0 spiro atoms. The Morgan fingerprint density at radius 2 is 1.59 bits per heavy atom. The SMILES string of the molecule is CN1CCN(c2ccc(Nc3nc4c(/C=C/c5ccccc5N(C)S(C)(=O)=O)cccn4n3)cc2)CC1. The first kappa shape index (κ1) is 24.8. The van der Waals surface area contributed by atoms with Crippen molar-refractivity contribution in [1.29, 1.82) is 0 Å². The molecule has 0 radical (unpaired) electrons. The Morgan fingerprint density at radius 1 is 0.919 bits per heavy atom. The number of piperazine rings is 1. The van der Waals surface area contributed by atoms with E-state index in [1.165, 1.54) is 16.2 Å². The van der Waals surface area contributed by atoms with Gasteiger partial charge in [-0.15, -0.1) is 5.10 Å². The number of likely N-dealkylation sites (N-methyl/N-ethyl adjacent to an activating group) is 1. The molecule has 1 fully saturated rings. The van der Waals surface area contributed by atoms with Crippen molar-refractivity contribution in [3.05, 3.63) is 78.0 Å². The van der Waals surface area contributed by atoms with Crippen LogP contribution in [0.3, 0.4) is 0 Å². The van der Waals surface area contributed by atoms with E-state index in [1.807, 2.05) is 48.7 Å². The van der Waals surface area contributed by atoms with Crippen LogP contribution in [-0.4, -0.2) is 74.4 Å². The monoisotopic (exact) mass is 517 g/mol. The third-order valence-electron chi connectivity index (χ3n) is 6.60. The third kappa shape index (κ3) is 5.60. The number of para-hydroxylation sites is 1. The number of fused-ring (bicyclic) bond motifs is 1. The molecule has 2 aromatic heterocycles. The van der Waals surface area contributed by atoms with Gasteiger partial charge in [-0.1, -0.05) is 30.4 Å². The van der Waals surface area contributed by atoms with E-state index in [0.29, 0.717) is 17.3 Å². The van der Waals surface area contributed by atoms with Gasteiger partial charge < -0.3 is 15.1 Å². The number of aromatic nitrogens is 3. The predicted molar refractivity (Wildman–Crippen MR) is 151 cm³/mol. The lowest BCUT2D eigenvalue weighted by molar-refractivity contribution is 0.313. The lowest BCUT2D eigenvalue weighted by atomic mass is 10.1. The minimum atomic E-state index is -3.37. The second-order valence-corrected chi connectivity index (χ2v) is 11.3. The Balaban J connectivity index is 1.35. The topological polar surface area (TPSA) is 86.1 Å². The smallest absolute Gasteiger partial charge is 0.247 e. The maximum Gasteiger partial charge on any atom is 0.247 e. The van der Waals surface area contributed by atoms with Crippen molar-refractivity contribution in [3.8, 4) is 0 Å². The second-order valence-electron chi connectivity index (χ2n) is 9.25. The molecule has 10 heteroatoms. The summed E-state index contributed by atoms with van der Waals surface area (Å²) in [6.45, 7) is 4.20. The summed E-state index contributed by atoms with van der Waals surface area (Å²) in [5, 5.41) is 7.88. The van der Waals surface area contributed by atoms with Crippen LogP contribution in [0.15, 0.2) is 66.9 Å². The molecule has 0 amide bonds. The first-order chi connectivity index (χ1) is 17.8. The zero-order valence-electron chi connectivity index (χ0n) is 21.2. The van der Waals surface area contributed by atoms with E-state index in [4.69, 9.17) is 4.98 Å². The van der Waals surface area contributed by atoms with Crippen LogP contribution in [0, 0.1) is 0 Å². The van der Waals surface area contributed by atoms with Crippen LogP contribution < -0.4 is 14.5 Å². The quantitative estimate of drug-likeness (QED) is 0.399. The first-order valence-corrected chi connectivity index (χ1v) is 14.0. The predicted octanol–water partition coefficient (Wildman–Crippen LogP) is 3.79. The van der Waals surface area contributed by atoms with Gasteiger partial charge in [0, 0.05) is 56.4 Å². The highest BCUT2D eigenvalue weighted by atomic mass is 32.2. The summed E-state index contributed by atoms with van der Waals surface area (Å²) >= 11 is 0. The van der Waals surface area contributed by atoms with Gasteiger partial charge in [0.05, 0.1) is 11.9 Å². The summed E-state index contributed by atoms with van der Waals surface area (Å²) in [5.74, 6) is 0.505. The fourth-order valence-electron chi connectivity index (χ4n) is 4.33. The maximum atomic E-state index is 12.1. The van der Waals surface area contributed by atoms with E-state index < -0.39 is 10.0 Å². The number of nitrogens with zero attached hydrogens (tertiary/aromatic N) is 6. The third-order valence-corrected chi connectivity index (χ3v) is 7.79. The molecule has 1 aliphatic heterocycles. The van der Waals surface area contributed by atoms with Crippen LogP contribution in [0.4, 0.5) is 23.0 Å². The molecule has 192 valence electrons. The van der Waals surface area contributed by atoms with Crippen LogP contribution in [0.2, 0.25) is 0 Å². The number of sulfonamides is 1. The molecule has 3 heterocycles. The summed E-state index contributed by atoms with van der Waals surface area (Å²) < 4.78 is 27.1. The fraction of sp³-hybridized carbons (Fsp3) is 0.259. The summed E-state index contributed by atoms with van der Waals surface area (Å²) in [4.78, 5) is 9.45. The molecule has 0 aliphatic carbocycles. The van der Waals surface area contributed by atoms with Crippen LogP contribution in [0.1, 0.15) is 11.1 Å². The Bertz CT molecular complexity index is 1520. The van der Waals surface area contributed by atoms with Gasteiger partial charge in [0.2, 0.25) is 16.0 Å². The summed E-state index contributed by atoms with van der Waals surface area (Å²) in [5.41, 5.74) is 5.10. The summed E-state index contributed by atoms with van der Waals surface area (Å²) in [7, 11) is 0.335. The molecule has 2 aromatic carbocycles. The van der Waals surface area contributed by atoms with Gasteiger partial charge in [0.15, 0.2) is 5.65 Å². The molecular weight excluding hydrogens is 486 g/mol. The summed E-state index contributed by atoms with van der Waals surface area (Å²) in [6.07, 6.45) is 6.87. The normalized spacial score (nSPS) is 14.9.